The van der Waals surface area contributed by atoms with Crippen molar-refractivity contribution in [1.82, 2.24) is 4.90 Å². The molecule has 5 heteroatoms. The summed E-state index contributed by atoms with van der Waals surface area (Å²) in [4.78, 5) is 25.1. The van der Waals surface area contributed by atoms with E-state index in [1.54, 1.807) is 29.2 Å². The maximum Gasteiger partial charge on any atom is 0.254 e. The highest BCUT2D eigenvalue weighted by Crippen LogP contribution is 2.24. The predicted molar refractivity (Wildman–Crippen MR) is 90.6 cm³/mol. The highest BCUT2D eigenvalue weighted by atomic mass is 79.9. The molecule has 2 aromatic carbocycles. The van der Waals surface area contributed by atoms with Crippen LogP contribution in [0.4, 0.5) is 0 Å². The fourth-order valence-electron chi connectivity index (χ4n) is 2.60. The summed E-state index contributed by atoms with van der Waals surface area (Å²) in [5.41, 5.74) is 2.21. The lowest BCUT2D eigenvalue weighted by atomic mass is 10.1. The molecule has 1 unspecified atom stereocenters. The Morgan fingerprint density at radius 2 is 1.83 bits per heavy atom. The molecule has 1 aliphatic heterocycles. The lowest BCUT2D eigenvalue weighted by Crippen LogP contribution is -2.42. The summed E-state index contributed by atoms with van der Waals surface area (Å²) in [5.74, 6) is -0.0344. The third kappa shape index (κ3) is 3.68. The Kier molecular flexibility index (Phi) is 4.88. The largest absolute Gasteiger partial charge is 0.370 e. The summed E-state index contributed by atoms with van der Waals surface area (Å²) in [6.07, 6.45) is 0.655. The van der Waals surface area contributed by atoms with Crippen LogP contribution in [0.2, 0.25) is 0 Å². The van der Waals surface area contributed by atoms with Crippen LogP contribution in [0.25, 0.3) is 0 Å². The molecule has 0 radical (unpaired) electrons. The number of halogens is 1. The van der Waals surface area contributed by atoms with Gasteiger partial charge < -0.3 is 9.64 Å². The third-order valence-corrected chi connectivity index (χ3v) is 4.42. The van der Waals surface area contributed by atoms with Gasteiger partial charge in [0.05, 0.1) is 13.2 Å². The number of nitrogens with zero attached hydrogens (tertiary/aromatic N) is 1. The molecule has 1 aliphatic rings. The van der Waals surface area contributed by atoms with Crippen molar-refractivity contribution in [1.29, 1.82) is 0 Å². The standard InChI is InChI=1S/C18H16BrNO3/c19-16-7-5-14(6-8-16)17-11-20(9-10-23-17)18(22)15-3-1-13(12-21)2-4-15/h1-8,12,17H,9-11H2. The zero-order chi connectivity index (χ0) is 16.2. The SMILES string of the molecule is O=Cc1ccc(C(=O)N2CCOC(c3ccc(Br)cc3)C2)cc1. The van der Waals surface area contributed by atoms with Crippen molar-refractivity contribution in [3.8, 4) is 0 Å². The minimum Gasteiger partial charge on any atom is -0.370 e. The maximum atomic E-state index is 12.6. The first-order valence-corrected chi connectivity index (χ1v) is 8.18. The van der Waals surface area contributed by atoms with E-state index in [2.05, 4.69) is 15.9 Å². The zero-order valence-corrected chi connectivity index (χ0v) is 14.0. The van der Waals surface area contributed by atoms with Gasteiger partial charge in [0.2, 0.25) is 0 Å². The number of hydrogen-bond acceptors (Lipinski definition) is 3. The molecule has 1 atom stereocenters. The molecule has 0 bridgehead atoms. The number of benzene rings is 2. The predicted octanol–water partition coefficient (Wildman–Crippen LogP) is 3.48. The number of rotatable bonds is 3. The minimum absolute atomic E-state index is 0.0344. The van der Waals surface area contributed by atoms with E-state index in [0.29, 0.717) is 30.8 Å². The molecule has 0 aliphatic carbocycles. The molecule has 1 fully saturated rings. The maximum absolute atomic E-state index is 12.6. The number of amides is 1. The van der Waals surface area contributed by atoms with Gasteiger partial charge in [-0.05, 0) is 29.8 Å². The Morgan fingerprint density at radius 3 is 2.48 bits per heavy atom. The van der Waals surface area contributed by atoms with E-state index in [0.717, 1.165) is 16.3 Å². The van der Waals surface area contributed by atoms with Gasteiger partial charge in [0.1, 0.15) is 12.4 Å². The summed E-state index contributed by atoms with van der Waals surface area (Å²) < 4.78 is 6.82. The van der Waals surface area contributed by atoms with Gasteiger partial charge in [-0.2, -0.15) is 0 Å². The summed E-state index contributed by atoms with van der Waals surface area (Å²) in [7, 11) is 0. The van der Waals surface area contributed by atoms with Gasteiger partial charge in [-0.25, -0.2) is 0 Å². The highest BCUT2D eigenvalue weighted by Gasteiger charge is 2.26. The van der Waals surface area contributed by atoms with Crippen LogP contribution in [0, 0.1) is 0 Å². The topological polar surface area (TPSA) is 46.6 Å². The van der Waals surface area contributed by atoms with Crippen LogP contribution in [-0.2, 0) is 4.74 Å². The second-order valence-electron chi connectivity index (χ2n) is 5.40. The van der Waals surface area contributed by atoms with Gasteiger partial charge in [-0.15, -0.1) is 0 Å². The molecule has 0 saturated carbocycles. The monoisotopic (exact) mass is 373 g/mol. The van der Waals surface area contributed by atoms with E-state index in [4.69, 9.17) is 4.74 Å². The molecular formula is C18H16BrNO3. The average Bonchev–Trinajstić information content (AvgIpc) is 2.62. The normalized spacial score (nSPS) is 17.8. The molecule has 23 heavy (non-hydrogen) atoms. The molecular weight excluding hydrogens is 358 g/mol. The molecule has 0 N–H and O–H groups in total. The van der Waals surface area contributed by atoms with Gasteiger partial charge >= 0.3 is 0 Å². The molecule has 0 aromatic heterocycles. The molecule has 0 spiro atoms. The lowest BCUT2D eigenvalue weighted by Gasteiger charge is -2.33. The fraction of sp³-hybridized carbons (Fsp3) is 0.222. The molecule has 1 heterocycles. The number of aldehydes is 1. The summed E-state index contributed by atoms with van der Waals surface area (Å²) in [5, 5.41) is 0. The third-order valence-electron chi connectivity index (χ3n) is 3.89. The van der Waals surface area contributed by atoms with Crippen LogP contribution >= 0.6 is 15.9 Å². The highest BCUT2D eigenvalue weighted by molar-refractivity contribution is 9.10. The van der Waals surface area contributed by atoms with Crippen LogP contribution in [-0.4, -0.2) is 36.8 Å². The molecule has 118 valence electrons. The number of ether oxygens (including phenoxy) is 1. The van der Waals surface area contributed by atoms with Crippen LogP contribution in [0.1, 0.15) is 32.4 Å². The molecule has 1 amide bonds. The van der Waals surface area contributed by atoms with E-state index in [9.17, 15) is 9.59 Å². The van der Waals surface area contributed by atoms with Gasteiger partial charge in [0.25, 0.3) is 5.91 Å². The molecule has 3 rings (SSSR count). The number of carbonyl (C=O) groups excluding carboxylic acids is 2. The van der Waals surface area contributed by atoms with Crippen LogP contribution in [0.5, 0.6) is 0 Å². The molecule has 4 nitrogen and oxygen atoms in total. The van der Waals surface area contributed by atoms with Crippen LogP contribution < -0.4 is 0 Å². The Balaban J connectivity index is 1.73. The fourth-order valence-corrected chi connectivity index (χ4v) is 2.86. The first kappa shape index (κ1) is 15.9. The lowest BCUT2D eigenvalue weighted by molar-refractivity contribution is -0.0228. The van der Waals surface area contributed by atoms with Crippen molar-refractivity contribution < 1.29 is 14.3 Å². The van der Waals surface area contributed by atoms with Crippen molar-refractivity contribution in [3.05, 3.63) is 69.7 Å². The van der Waals surface area contributed by atoms with Crippen molar-refractivity contribution in [2.75, 3.05) is 19.7 Å². The van der Waals surface area contributed by atoms with E-state index < -0.39 is 0 Å². The number of morpholine rings is 1. The molecule has 1 saturated heterocycles. The quantitative estimate of drug-likeness (QED) is 0.773. The van der Waals surface area contributed by atoms with Gasteiger partial charge in [-0.1, -0.05) is 40.2 Å². The van der Waals surface area contributed by atoms with E-state index in [1.165, 1.54) is 0 Å². The summed E-state index contributed by atoms with van der Waals surface area (Å²) >= 11 is 3.42. The van der Waals surface area contributed by atoms with E-state index in [-0.39, 0.29) is 12.0 Å². The number of carbonyl (C=O) groups is 2. The Labute approximate surface area is 143 Å². The van der Waals surface area contributed by atoms with Crippen molar-refractivity contribution >= 4 is 28.1 Å². The second kappa shape index (κ2) is 7.06. The smallest absolute Gasteiger partial charge is 0.254 e. The minimum atomic E-state index is -0.116. The van der Waals surface area contributed by atoms with Crippen LogP contribution in [0.3, 0.4) is 0 Å². The van der Waals surface area contributed by atoms with Crippen molar-refractivity contribution in [2.45, 2.75) is 6.10 Å². The van der Waals surface area contributed by atoms with E-state index >= 15 is 0 Å². The zero-order valence-electron chi connectivity index (χ0n) is 12.4. The Bertz CT molecular complexity index is 697. The second-order valence-corrected chi connectivity index (χ2v) is 6.32. The first-order chi connectivity index (χ1) is 11.2. The average molecular weight is 374 g/mol. The first-order valence-electron chi connectivity index (χ1n) is 7.39. The van der Waals surface area contributed by atoms with E-state index in [1.807, 2.05) is 24.3 Å². The summed E-state index contributed by atoms with van der Waals surface area (Å²) in [6, 6.07) is 14.6. The van der Waals surface area contributed by atoms with Gasteiger partial charge in [0, 0.05) is 22.1 Å². The molecule has 2 aromatic rings. The number of hydrogen-bond donors (Lipinski definition) is 0. The Morgan fingerprint density at radius 1 is 1.13 bits per heavy atom. The van der Waals surface area contributed by atoms with Crippen molar-refractivity contribution in [2.24, 2.45) is 0 Å². The van der Waals surface area contributed by atoms with Gasteiger partial charge in [-0.3, -0.25) is 9.59 Å². The summed E-state index contributed by atoms with van der Waals surface area (Å²) in [6.45, 7) is 1.61. The Hall–Kier alpha value is -1.98. The van der Waals surface area contributed by atoms with Crippen molar-refractivity contribution in [3.63, 3.8) is 0 Å². The van der Waals surface area contributed by atoms with Gasteiger partial charge in [0.15, 0.2) is 0 Å². The van der Waals surface area contributed by atoms with Crippen LogP contribution in [0.15, 0.2) is 53.0 Å².